The molecule has 0 saturated heterocycles. The van der Waals surface area contributed by atoms with Crippen LogP contribution in [0.25, 0.3) is 0 Å². The summed E-state index contributed by atoms with van der Waals surface area (Å²) in [7, 11) is -3.35. The molecule has 4 rings (SSSR count). The first-order valence-electron chi connectivity index (χ1n) is 13.0. The lowest BCUT2D eigenvalue weighted by Crippen LogP contribution is -2.36. The first-order chi connectivity index (χ1) is 15.0. The zero-order valence-corrected chi connectivity index (χ0v) is 21.3. The van der Waals surface area contributed by atoms with Crippen molar-refractivity contribution in [3.8, 4) is 0 Å². The molecule has 3 aliphatic carbocycles. The van der Waals surface area contributed by atoms with Gasteiger partial charge in [-0.2, -0.15) is 0 Å². The summed E-state index contributed by atoms with van der Waals surface area (Å²) < 4.78 is 26.2. The maximum absolute atomic E-state index is 13.1. The summed E-state index contributed by atoms with van der Waals surface area (Å²) in [5.41, 5.74) is 3.06. The Bertz CT molecular complexity index is 870. The summed E-state index contributed by atoms with van der Waals surface area (Å²) in [6, 6.07) is 0. The number of allylic oxidation sites excluding steroid dienone is 1. The second-order valence-electron chi connectivity index (χ2n) is 12.0. The summed E-state index contributed by atoms with van der Waals surface area (Å²) in [5.74, 6) is 2.64. The van der Waals surface area contributed by atoms with E-state index in [1.165, 1.54) is 44.1 Å². The van der Waals surface area contributed by atoms with Crippen LogP contribution in [0.5, 0.6) is 0 Å². The normalized spacial score (nSPS) is 41.2. The van der Waals surface area contributed by atoms with E-state index in [4.69, 9.17) is 0 Å². The molecule has 0 amide bonds. The Morgan fingerprint density at radius 1 is 1.12 bits per heavy atom. The highest BCUT2D eigenvalue weighted by Crippen LogP contribution is 2.60. The minimum atomic E-state index is -3.35. The quantitative estimate of drug-likeness (QED) is 0.530. The molecular weight excluding hydrogens is 420 g/mol. The number of fused-ring (bicyclic) bond motifs is 1. The lowest BCUT2D eigenvalue weighted by Gasteiger charge is -2.44. The zero-order chi connectivity index (χ0) is 23.3. The van der Waals surface area contributed by atoms with Gasteiger partial charge >= 0.3 is 0 Å². The van der Waals surface area contributed by atoms with Crippen molar-refractivity contribution in [2.45, 2.75) is 109 Å². The Labute approximate surface area is 195 Å². The van der Waals surface area contributed by atoms with Crippen LogP contribution >= 0.6 is 0 Å². The van der Waals surface area contributed by atoms with Crippen LogP contribution in [0.1, 0.15) is 91.9 Å². The van der Waals surface area contributed by atoms with Gasteiger partial charge in [0, 0.05) is 6.42 Å². The van der Waals surface area contributed by atoms with Crippen LogP contribution in [0.3, 0.4) is 0 Å². The standard InChI is InChI=1S/C27H44O4S/c1-17(2)7-5-8-18(3)23-10-11-24-19(9-6-12-27(23,24)4)13-26-21-14-20(28)15-25(29)22(21)16-32(26,30)31/h13,17-18,20,23-26,28-29H,5-12,14-16H2,1-4H3/b19-13+/t18-,20-,23-,24+,25+,26?,27-/m1/s1. The molecule has 4 aliphatic rings. The molecule has 0 radical (unpaired) electrons. The van der Waals surface area contributed by atoms with Gasteiger partial charge in [-0.3, -0.25) is 0 Å². The number of rotatable bonds is 6. The Morgan fingerprint density at radius 3 is 2.59 bits per heavy atom. The van der Waals surface area contributed by atoms with Crippen molar-refractivity contribution in [3.63, 3.8) is 0 Å². The van der Waals surface area contributed by atoms with Crippen LogP contribution in [0, 0.1) is 29.1 Å². The van der Waals surface area contributed by atoms with Crippen LogP contribution in [0.4, 0.5) is 0 Å². The van der Waals surface area contributed by atoms with Crippen molar-refractivity contribution in [3.05, 3.63) is 22.8 Å². The van der Waals surface area contributed by atoms with Crippen molar-refractivity contribution < 1.29 is 18.6 Å². The summed E-state index contributed by atoms with van der Waals surface area (Å²) in [4.78, 5) is 0. The predicted octanol–water partition coefficient (Wildman–Crippen LogP) is 5.20. The second kappa shape index (κ2) is 9.19. The number of sulfone groups is 1. The minimum Gasteiger partial charge on any atom is -0.393 e. The van der Waals surface area contributed by atoms with Gasteiger partial charge in [-0.1, -0.05) is 58.6 Å². The molecule has 2 N–H and O–H groups in total. The molecule has 0 aromatic heterocycles. The summed E-state index contributed by atoms with van der Waals surface area (Å²) in [5, 5.41) is 20.0. The highest BCUT2D eigenvalue weighted by atomic mass is 32.2. The molecule has 182 valence electrons. The monoisotopic (exact) mass is 464 g/mol. The second-order valence-corrected chi connectivity index (χ2v) is 14.1. The van der Waals surface area contributed by atoms with Gasteiger partial charge in [0.25, 0.3) is 0 Å². The Kier molecular flexibility index (Phi) is 7.03. The fourth-order valence-corrected chi connectivity index (χ4v) is 9.81. The SMILES string of the molecule is CC(C)CCC[C@@H](C)[C@H]1CC[C@H]2/C(=C/C3C4=C(CS3(=O)=O)[C@@H](O)C[C@H](O)C4)CCC[C@]12C. The van der Waals surface area contributed by atoms with Crippen molar-refractivity contribution in [1.29, 1.82) is 0 Å². The van der Waals surface area contributed by atoms with Gasteiger partial charge in [0.05, 0.1) is 18.0 Å². The van der Waals surface area contributed by atoms with Gasteiger partial charge in [0.15, 0.2) is 9.84 Å². The molecule has 2 fully saturated rings. The van der Waals surface area contributed by atoms with Gasteiger partial charge in [-0.25, -0.2) is 8.42 Å². The molecule has 1 aliphatic heterocycles. The molecular formula is C27H44O4S. The first-order valence-corrected chi connectivity index (χ1v) is 14.7. The first kappa shape index (κ1) is 24.5. The molecule has 32 heavy (non-hydrogen) atoms. The van der Waals surface area contributed by atoms with E-state index in [0.29, 0.717) is 17.9 Å². The molecule has 7 atom stereocenters. The summed E-state index contributed by atoms with van der Waals surface area (Å²) in [6.07, 6.45) is 11.0. The van der Waals surface area contributed by atoms with E-state index in [1.807, 2.05) is 0 Å². The van der Waals surface area contributed by atoms with Gasteiger partial charge in [0.2, 0.25) is 0 Å². The van der Waals surface area contributed by atoms with Crippen molar-refractivity contribution in [1.82, 2.24) is 0 Å². The average molecular weight is 465 g/mol. The van der Waals surface area contributed by atoms with Crippen LogP contribution in [0.15, 0.2) is 22.8 Å². The van der Waals surface area contributed by atoms with Crippen molar-refractivity contribution in [2.24, 2.45) is 29.1 Å². The zero-order valence-electron chi connectivity index (χ0n) is 20.5. The third-order valence-electron chi connectivity index (χ3n) is 9.38. The Balaban J connectivity index is 1.56. The van der Waals surface area contributed by atoms with Gasteiger partial charge in [-0.05, 0) is 78.8 Å². The van der Waals surface area contributed by atoms with E-state index >= 15 is 0 Å². The topological polar surface area (TPSA) is 74.6 Å². The molecule has 0 bridgehead atoms. The third kappa shape index (κ3) is 4.51. The van der Waals surface area contributed by atoms with Crippen molar-refractivity contribution in [2.75, 3.05) is 5.75 Å². The maximum atomic E-state index is 13.1. The summed E-state index contributed by atoms with van der Waals surface area (Å²) in [6.45, 7) is 9.53. The van der Waals surface area contributed by atoms with E-state index in [-0.39, 0.29) is 17.6 Å². The molecule has 0 aromatic rings. The van der Waals surface area contributed by atoms with E-state index in [9.17, 15) is 18.6 Å². The highest BCUT2D eigenvalue weighted by molar-refractivity contribution is 7.92. The van der Waals surface area contributed by atoms with Gasteiger partial charge < -0.3 is 10.2 Å². The fourth-order valence-electron chi connectivity index (χ4n) is 7.76. The van der Waals surface area contributed by atoms with E-state index in [2.05, 4.69) is 33.8 Å². The van der Waals surface area contributed by atoms with Crippen LogP contribution in [-0.4, -0.2) is 41.8 Å². The molecule has 4 nitrogen and oxygen atoms in total. The van der Waals surface area contributed by atoms with Gasteiger partial charge in [0.1, 0.15) is 5.25 Å². The summed E-state index contributed by atoms with van der Waals surface area (Å²) >= 11 is 0. The van der Waals surface area contributed by atoms with Crippen LogP contribution in [0.2, 0.25) is 0 Å². The third-order valence-corrected chi connectivity index (χ3v) is 11.3. The molecule has 1 unspecified atom stereocenters. The fraction of sp³-hybridized carbons (Fsp3) is 0.852. The van der Waals surface area contributed by atoms with Crippen molar-refractivity contribution >= 4 is 9.84 Å². The number of aliphatic hydroxyl groups is 2. The Morgan fingerprint density at radius 2 is 1.88 bits per heavy atom. The van der Waals surface area contributed by atoms with E-state index in [0.717, 1.165) is 36.2 Å². The lowest BCUT2D eigenvalue weighted by molar-refractivity contribution is 0.0870. The predicted molar refractivity (Wildman–Crippen MR) is 130 cm³/mol. The molecule has 0 spiro atoms. The molecule has 5 heteroatoms. The number of aliphatic hydroxyl groups excluding tert-OH is 2. The number of hydrogen-bond donors (Lipinski definition) is 2. The smallest absolute Gasteiger partial charge is 0.164 e. The Hall–Kier alpha value is -0.650. The average Bonchev–Trinajstić information content (AvgIpc) is 3.17. The van der Waals surface area contributed by atoms with E-state index in [1.54, 1.807) is 0 Å². The lowest BCUT2D eigenvalue weighted by atomic mass is 9.60. The van der Waals surface area contributed by atoms with Gasteiger partial charge in [-0.15, -0.1) is 0 Å². The minimum absolute atomic E-state index is 0.0396. The van der Waals surface area contributed by atoms with Crippen LogP contribution < -0.4 is 0 Å². The van der Waals surface area contributed by atoms with E-state index < -0.39 is 27.3 Å². The largest absolute Gasteiger partial charge is 0.393 e. The molecule has 2 saturated carbocycles. The molecule has 1 heterocycles. The highest BCUT2D eigenvalue weighted by Gasteiger charge is 2.51. The van der Waals surface area contributed by atoms with Crippen LogP contribution in [-0.2, 0) is 9.84 Å². The number of hydrogen-bond acceptors (Lipinski definition) is 4. The maximum Gasteiger partial charge on any atom is 0.164 e. The molecule has 0 aromatic carbocycles.